The molecule has 1 heterocycles. The minimum absolute atomic E-state index is 0.000900. The molecule has 0 fully saturated rings. The number of hydrogen-bond donors (Lipinski definition) is 1. The second kappa shape index (κ2) is 5.89. The smallest absolute Gasteiger partial charge is 0.416 e. The molecular weight excluding hydrogens is 286 g/mol. The van der Waals surface area contributed by atoms with E-state index in [2.05, 4.69) is 5.32 Å². The Bertz CT molecular complexity index is 618. The highest BCUT2D eigenvalue weighted by atomic mass is 19.4. The highest BCUT2D eigenvalue weighted by Crippen LogP contribution is 2.32. The molecule has 0 amide bonds. The lowest BCUT2D eigenvalue weighted by Gasteiger charge is -2.16. The van der Waals surface area contributed by atoms with Crippen LogP contribution in [0.5, 0.6) is 0 Å². The molecule has 1 unspecified atom stereocenters. The monoisotopic (exact) mass is 301 g/mol. The van der Waals surface area contributed by atoms with Crippen molar-refractivity contribution in [2.24, 2.45) is 0 Å². The molecule has 0 saturated heterocycles. The van der Waals surface area contributed by atoms with Crippen LogP contribution in [-0.4, -0.2) is 0 Å². The van der Waals surface area contributed by atoms with Crippen molar-refractivity contribution in [2.75, 3.05) is 0 Å². The van der Waals surface area contributed by atoms with Crippen molar-refractivity contribution in [3.8, 4) is 0 Å². The van der Waals surface area contributed by atoms with Crippen LogP contribution in [0.2, 0.25) is 0 Å². The molecule has 0 aliphatic rings. The van der Waals surface area contributed by atoms with Crippen molar-refractivity contribution in [3.63, 3.8) is 0 Å². The number of hydrogen-bond acceptors (Lipinski definition) is 2. The van der Waals surface area contributed by atoms with Crippen LogP contribution in [0.15, 0.2) is 34.7 Å². The lowest BCUT2D eigenvalue weighted by molar-refractivity contribution is -0.138. The minimum Gasteiger partial charge on any atom is -0.465 e. The molecule has 0 spiro atoms. The summed E-state index contributed by atoms with van der Waals surface area (Å²) in [7, 11) is 0. The molecule has 1 aromatic heterocycles. The molecule has 1 aromatic carbocycles. The third kappa shape index (κ3) is 3.85. The summed E-state index contributed by atoms with van der Waals surface area (Å²) in [6, 6.07) is 5.98. The summed E-state index contributed by atoms with van der Waals surface area (Å²) in [4.78, 5) is 0. The van der Waals surface area contributed by atoms with E-state index >= 15 is 0 Å². The second-order valence-corrected chi connectivity index (χ2v) is 4.85. The van der Waals surface area contributed by atoms with E-state index < -0.39 is 17.6 Å². The number of rotatable bonds is 4. The summed E-state index contributed by atoms with van der Waals surface area (Å²) in [6.45, 7) is 3.54. The molecule has 2 nitrogen and oxygen atoms in total. The number of aryl methyl sites for hydroxylation is 1. The van der Waals surface area contributed by atoms with Crippen molar-refractivity contribution in [3.05, 3.63) is 58.8 Å². The topological polar surface area (TPSA) is 25.2 Å². The Kier molecular flexibility index (Phi) is 4.37. The third-order valence-electron chi connectivity index (χ3n) is 3.16. The van der Waals surface area contributed by atoms with Crippen LogP contribution in [0.4, 0.5) is 17.6 Å². The first-order chi connectivity index (χ1) is 9.77. The molecule has 21 heavy (non-hydrogen) atoms. The maximum atomic E-state index is 13.0. The highest BCUT2D eigenvalue weighted by Gasteiger charge is 2.33. The van der Waals surface area contributed by atoms with Crippen LogP contribution in [-0.2, 0) is 12.7 Å². The molecule has 2 rings (SSSR count). The maximum Gasteiger partial charge on any atom is 0.416 e. The number of halogens is 4. The van der Waals surface area contributed by atoms with Gasteiger partial charge in [0.05, 0.1) is 11.6 Å². The van der Waals surface area contributed by atoms with E-state index in [1.54, 1.807) is 26.0 Å². The van der Waals surface area contributed by atoms with Crippen molar-refractivity contribution in [2.45, 2.75) is 32.6 Å². The van der Waals surface area contributed by atoms with Gasteiger partial charge in [-0.3, -0.25) is 0 Å². The van der Waals surface area contributed by atoms with E-state index in [-0.39, 0.29) is 18.2 Å². The molecule has 6 heteroatoms. The van der Waals surface area contributed by atoms with Gasteiger partial charge < -0.3 is 9.73 Å². The van der Waals surface area contributed by atoms with Crippen molar-refractivity contribution >= 4 is 0 Å². The predicted octanol–water partition coefficient (Wildman–Crippen LogP) is 4.60. The van der Waals surface area contributed by atoms with Gasteiger partial charge in [-0.05, 0) is 43.7 Å². The van der Waals surface area contributed by atoms with Gasteiger partial charge in [0.2, 0.25) is 0 Å². The molecule has 2 aromatic rings. The van der Waals surface area contributed by atoms with Crippen molar-refractivity contribution < 1.29 is 22.0 Å². The summed E-state index contributed by atoms with van der Waals surface area (Å²) >= 11 is 0. The van der Waals surface area contributed by atoms with Crippen molar-refractivity contribution in [1.29, 1.82) is 0 Å². The Labute approximate surface area is 119 Å². The normalized spacial score (nSPS) is 13.4. The van der Waals surface area contributed by atoms with E-state index in [0.717, 1.165) is 17.9 Å². The van der Waals surface area contributed by atoms with Gasteiger partial charge in [-0.1, -0.05) is 6.07 Å². The molecule has 1 N–H and O–H groups in total. The summed E-state index contributed by atoms with van der Waals surface area (Å²) in [5, 5.41) is 2.94. The van der Waals surface area contributed by atoms with E-state index in [1.807, 2.05) is 0 Å². The Morgan fingerprint density at radius 3 is 2.48 bits per heavy atom. The molecule has 0 bridgehead atoms. The minimum atomic E-state index is -4.58. The molecule has 0 radical (unpaired) electrons. The van der Waals surface area contributed by atoms with E-state index in [9.17, 15) is 17.6 Å². The van der Waals surface area contributed by atoms with Gasteiger partial charge >= 0.3 is 6.18 Å². The second-order valence-electron chi connectivity index (χ2n) is 4.85. The number of benzene rings is 1. The van der Waals surface area contributed by atoms with Crippen LogP contribution in [0.25, 0.3) is 0 Å². The predicted molar refractivity (Wildman–Crippen MR) is 70.1 cm³/mol. The molecule has 114 valence electrons. The van der Waals surface area contributed by atoms with E-state index in [0.29, 0.717) is 11.8 Å². The first-order valence-electron chi connectivity index (χ1n) is 6.42. The first-order valence-corrected chi connectivity index (χ1v) is 6.42. The Morgan fingerprint density at radius 2 is 1.90 bits per heavy atom. The van der Waals surface area contributed by atoms with E-state index in [1.165, 1.54) is 0 Å². The average Bonchev–Trinajstić information content (AvgIpc) is 2.82. The fourth-order valence-electron chi connectivity index (χ4n) is 2.02. The summed E-state index contributed by atoms with van der Waals surface area (Å²) in [6.07, 6.45) is -4.58. The SMILES string of the molecule is Cc1ccc(C(C)NCc2ccc(F)cc2C(F)(F)F)o1. The van der Waals surface area contributed by atoms with Gasteiger partial charge in [0.15, 0.2) is 0 Å². The third-order valence-corrected chi connectivity index (χ3v) is 3.16. The number of furan rings is 1. The Hall–Kier alpha value is -1.82. The summed E-state index contributed by atoms with van der Waals surface area (Å²) in [5.74, 6) is 0.473. The largest absolute Gasteiger partial charge is 0.465 e. The fraction of sp³-hybridized carbons (Fsp3) is 0.333. The molecule has 0 aliphatic heterocycles. The standard InChI is InChI=1S/C15H15F4NO/c1-9-3-6-14(21-9)10(2)20-8-11-4-5-12(16)7-13(11)15(17,18)19/h3-7,10,20H,8H2,1-2H3. The van der Waals surface area contributed by atoms with Gasteiger partial charge in [-0.25, -0.2) is 4.39 Å². The van der Waals surface area contributed by atoms with Crippen LogP contribution < -0.4 is 5.32 Å². The highest BCUT2D eigenvalue weighted by molar-refractivity contribution is 5.30. The van der Waals surface area contributed by atoms with Crippen LogP contribution in [0.3, 0.4) is 0 Å². The zero-order chi connectivity index (χ0) is 15.6. The lowest BCUT2D eigenvalue weighted by Crippen LogP contribution is -2.20. The van der Waals surface area contributed by atoms with Crippen LogP contribution in [0, 0.1) is 12.7 Å². The summed E-state index contributed by atoms with van der Waals surface area (Å²) < 4.78 is 57.0. The molecular formula is C15H15F4NO. The van der Waals surface area contributed by atoms with Crippen LogP contribution >= 0.6 is 0 Å². The van der Waals surface area contributed by atoms with Crippen LogP contribution in [0.1, 0.15) is 35.6 Å². The average molecular weight is 301 g/mol. The zero-order valence-corrected chi connectivity index (χ0v) is 11.6. The lowest BCUT2D eigenvalue weighted by atomic mass is 10.1. The van der Waals surface area contributed by atoms with E-state index in [4.69, 9.17) is 4.42 Å². The molecule has 1 atom stereocenters. The quantitative estimate of drug-likeness (QED) is 0.835. The van der Waals surface area contributed by atoms with Gasteiger partial charge in [0.1, 0.15) is 17.3 Å². The number of alkyl halides is 3. The summed E-state index contributed by atoms with van der Waals surface area (Å²) in [5.41, 5.74) is -0.961. The van der Waals surface area contributed by atoms with Gasteiger partial charge in [-0.2, -0.15) is 13.2 Å². The Morgan fingerprint density at radius 1 is 1.19 bits per heavy atom. The van der Waals surface area contributed by atoms with Crippen molar-refractivity contribution in [1.82, 2.24) is 5.32 Å². The molecule has 0 aliphatic carbocycles. The fourth-order valence-corrected chi connectivity index (χ4v) is 2.02. The maximum absolute atomic E-state index is 13.0. The number of nitrogens with one attached hydrogen (secondary N) is 1. The van der Waals surface area contributed by atoms with Gasteiger partial charge in [0.25, 0.3) is 0 Å². The first kappa shape index (κ1) is 15.6. The van der Waals surface area contributed by atoms with Gasteiger partial charge in [-0.15, -0.1) is 0 Å². The Balaban J connectivity index is 2.13. The van der Waals surface area contributed by atoms with Gasteiger partial charge in [0, 0.05) is 6.54 Å². The zero-order valence-electron chi connectivity index (χ0n) is 11.6. The molecule has 0 saturated carbocycles.